The van der Waals surface area contributed by atoms with Crippen molar-refractivity contribution in [3.63, 3.8) is 0 Å². The molecule has 3 amide bonds. The minimum Gasteiger partial charge on any atom is -0.356 e. The molecule has 2 aliphatic rings. The van der Waals surface area contributed by atoms with Gasteiger partial charge in [-0.25, -0.2) is 8.42 Å². The highest BCUT2D eigenvalue weighted by atomic mass is 32.2. The zero-order valence-corrected chi connectivity index (χ0v) is 20.7. The van der Waals surface area contributed by atoms with E-state index in [2.05, 4.69) is 10.6 Å². The molecule has 2 aromatic carbocycles. The molecule has 12 heteroatoms. The number of hydrogen-bond acceptors (Lipinski definition) is 5. The fourth-order valence-electron chi connectivity index (χ4n) is 4.77. The van der Waals surface area contributed by atoms with Crippen molar-refractivity contribution < 1.29 is 36.0 Å². The van der Waals surface area contributed by atoms with E-state index in [-0.39, 0.29) is 41.8 Å². The standard InChI is InChI=1S/C25H26F3N3O5S/c1-37(35,36)19-5-2-4-16(12-19)24(34)31-11-3-6-20(31)23(33)30-22(17-13-21(32)29-14-17)15-7-9-18(10-8-15)25(26,27)28/h2,4-5,7-10,12,17,20,22H,3,6,11,13-14H2,1H3,(H,29,32)(H,30,33)/t17?,20-,22?/m1/s1. The average molecular weight is 538 g/mol. The zero-order chi connectivity index (χ0) is 27.0. The molecule has 2 aromatic rings. The minimum atomic E-state index is -4.51. The monoisotopic (exact) mass is 537 g/mol. The SMILES string of the molecule is CS(=O)(=O)c1cccc(C(=O)N2CCC[C@@H]2C(=O)NC(c2ccc(C(F)(F)F)cc2)C2CNC(=O)C2)c1. The highest BCUT2D eigenvalue weighted by molar-refractivity contribution is 7.90. The molecule has 0 radical (unpaired) electrons. The second kappa shape index (κ2) is 10.2. The van der Waals surface area contributed by atoms with Crippen molar-refractivity contribution in [2.75, 3.05) is 19.3 Å². The Balaban J connectivity index is 1.56. The van der Waals surface area contributed by atoms with Gasteiger partial charge in [0.1, 0.15) is 6.04 Å². The van der Waals surface area contributed by atoms with E-state index in [4.69, 9.17) is 0 Å². The molecule has 8 nitrogen and oxygen atoms in total. The van der Waals surface area contributed by atoms with Crippen LogP contribution in [0.1, 0.15) is 46.8 Å². The lowest BCUT2D eigenvalue weighted by Gasteiger charge is -2.29. The fraction of sp³-hybridized carbons (Fsp3) is 0.400. The van der Waals surface area contributed by atoms with Crippen LogP contribution in [0.25, 0.3) is 0 Å². The highest BCUT2D eigenvalue weighted by Gasteiger charge is 2.39. The van der Waals surface area contributed by atoms with Crippen LogP contribution in [0.15, 0.2) is 53.4 Å². The third-order valence-corrected chi connectivity index (χ3v) is 7.81. The topological polar surface area (TPSA) is 113 Å². The maximum atomic E-state index is 13.4. The predicted octanol–water partition coefficient (Wildman–Crippen LogP) is 2.71. The van der Waals surface area contributed by atoms with E-state index >= 15 is 0 Å². The number of alkyl halides is 3. The number of nitrogens with zero attached hydrogens (tertiary/aromatic N) is 1. The molecule has 198 valence electrons. The van der Waals surface area contributed by atoms with E-state index in [1.165, 1.54) is 41.3 Å². The second-order valence-electron chi connectivity index (χ2n) is 9.33. The van der Waals surface area contributed by atoms with Crippen LogP contribution >= 0.6 is 0 Å². The zero-order valence-electron chi connectivity index (χ0n) is 19.9. The van der Waals surface area contributed by atoms with E-state index < -0.39 is 45.5 Å². The van der Waals surface area contributed by atoms with Gasteiger partial charge in [-0.1, -0.05) is 18.2 Å². The number of nitrogens with one attached hydrogen (secondary N) is 2. The number of amides is 3. The van der Waals surface area contributed by atoms with Crippen molar-refractivity contribution in [3.05, 3.63) is 65.2 Å². The number of rotatable bonds is 6. The van der Waals surface area contributed by atoms with Crippen LogP contribution in [0.4, 0.5) is 13.2 Å². The Morgan fingerprint density at radius 1 is 1.14 bits per heavy atom. The summed E-state index contributed by atoms with van der Waals surface area (Å²) >= 11 is 0. The van der Waals surface area contributed by atoms with E-state index in [0.29, 0.717) is 18.4 Å². The third-order valence-electron chi connectivity index (χ3n) is 6.70. The maximum absolute atomic E-state index is 13.4. The Bertz CT molecular complexity index is 1310. The Labute approximate surface area is 212 Å². The van der Waals surface area contributed by atoms with Gasteiger partial charge < -0.3 is 15.5 Å². The highest BCUT2D eigenvalue weighted by Crippen LogP contribution is 2.33. The molecule has 0 bridgehead atoms. The van der Waals surface area contributed by atoms with Crippen LogP contribution in [-0.2, 0) is 25.6 Å². The number of sulfone groups is 1. The lowest BCUT2D eigenvalue weighted by molar-refractivity contribution is -0.137. The Kier molecular flexibility index (Phi) is 7.31. The van der Waals surface area contributed by atoms with Crippen LogP contribution in [-0.4, -0.2) is 56.4 Å². The lowest BCUT2D eigenvalue weighted by Crippen LogP contribution is -2.48. The smallest absolute Gasteiger partial charge is 0.356 e. The summed E-state index contributed by atoms with van der Waals surface area (Å²) in [6, 6.07) is 8.41. The summed E-state index contributed by atoms with van der Waals surface area (Å²) in [6.07, 6.45) is -2.47. The largest absolute Gasteiger partial charge is 0.416 e. The molecular formula is C25H26F3N3O5S. The summed E-state index contributed by atoms with van der Waals surface area (Å²) in [4.78, 5) is 39.8. The van der Waals surface area contributed by atoms with Crippen LogP contribution in [0.3, 0.4) is 0 Å². The van der Waals surface area contributed by atoms with Gasteiger partial charge in [-0.2, -0.15) is 13.2 Å². The summed E-state index contributed by atoms with van der Waals surface area (Å²) in [5.41, 5.74) is -0.280. The normalized spacial score (nSPS) is 21.0. The predicted molar refractivity (Wildman–Crippen MR) is 127 cm³/mol. The Hall–Kier alpha value is -3.41. The van der Waals surface area contributed by atoms with Gasteiger partial charge in [-0.15, -0.1) is 0 Å². The van der Waals surface area contributed by atoms with Crippen molar-refractivity contribution in [1.82, 2.24) is 15.5 Å². The maximum Gasteiger partial charge on any atom is 0.416 e. The van der Waals surface area contributed by atoms with E-state index in [9.17, 15) is 36.0 Å². The molecule has 3 atom stereocenters. The first kappa shape index (κ1) is 26.6. The first-order chi connectivity index (χ1) is 17.3. The van der Waals surface area contributed by atoms with Gasteiger partial charge in [0.25, 0.3) is 5.91 Å². The van der Waals surface area contributed by atoms with Gasteiger partial charge in [0.2, 0.25) is 11.8 Å². The van der Waals surface area contributed by atoms with Gasteiger partial charge in [-0.05, 0) is 48.7 Å². The molecule has 2 fully saturated rings. The quantitative estimate of drug-likeness (QED) is 0.589. The molecule has 2 heterocycles. The summed E-state index contributed by atoms with van der Waals surface area (Å²) in [5.74, 6) is -1.59. The number of halogens is 3. The van der Waals surface area contributed by atoms with E-state index in [0.717, 1.165) is 18.4 Å². The van der Waals surface area contributed by atoms with Gasteiger partial charge in [0, 0.05) is 37.2 Å². The molecule has 0 spiro atoms. The number of carbonyl (C=O) groups is 3. The van der Waals surface area contributed by atoms with Crippen LogP contribution in [0.5, 0.6) is 0 Å². The molecule has 0 saturated carbocycles. The van der Waals surface area contributed by atoms with E-state index in [1.54, 1.807) is 0 Å². The molecule has 2 saturated heterocycles. The fourth-order valence-corrected chi connectivity index (χ4v) is 5.44. The van der Waals surface area contributed by atoms with Crippen LogP contribution in [0, 0.1) is 5.92 Å². The van der Waals surface area contributed by atoms with Gasteiger partial charge in [-0.3, -0.25) is 14.4 Å². The first-order valence-corrected chi connectivity index (χ1v) is 13.6. The first-order valence-electron chi connectivity index (χ1n) is 11.7. The van der Waals surface area contributed by atoms with Gasteiger partial charge in [0.15, 0.2) is 9.84 Å². The summed E-state index contributed by atoms with van der Waals surface area (Å²) in [5, 5.41) is 5.55. The number of carbonyl (C=O) groups excluding carboxylic acids is 3. The summed E-state index contributed by atoms with van der Waals surface area (Å²) < 4.78 is 62.9. The number of hydrogen-bond donors (Lipinski definition) is 2. The molecule has 0 aromatic heterocycles. The summed E-state index contributed by atoms with van der Waals surface area (Å²) in [6.45, 7) is 0.533. The molecule has 2 N–H and O–H groups in total. The third kappa shape index (κ3) is 5.95. The lowest BCUT2D eigenvalue weighted by atomic mass is 9.91. The van der Waals surface area contributed by atoms with Crippen molar-refractivity contribution in [1.29, 1.82) is 0 Å². The number of benzene rings is 2. The van der Waals surface area contributed by atoms with Crippen LogP contribution in [0.2, 0.25) is 0 Å². The molecule has 4 rings (SSSR count). The van der Waals surface area contributed by atoms with Crippen molar-refractivity contribution in [2.45, 2.75) is 42.4 Å². The van der Waals surface area contributed by atoms with Crippen molar-refractivity contribution >= 4 is 27.6 Å². The second-order valence-corrected chi connectivity index (χ2v) is 11.3. The molecule has 2 unspecified atom stereocenters. The number of likely N-dealkylation sites (tertiary alicyclic amines) is 1. The Morgan fingerprint density at radius 3 is 2.43 bits per heavy atom. The van der Waals surface area contributed by atoms with Gasteiger partial charge in [0.05, 0.1) is 16.5 Å². The van der Waals surface area contributed by atoms with Crippen molar-refractivity contribution in [3.8, 4) is 0 Å². The Morgan fingerprint density at radius 2 is 1.84 bits per heavy atom. The minimum absolute atomic E-state index is 0.0145. The average Bonchev–Trinajstić information content (AvgIpc) is 3.50. The molecule has 37 heavy (non-hydrogen) atoms. The molecule has 0 aliphatic carbocycles. The van der Waals surface area contributed by atoms with Gasteiger partial charge >= 0.3 is 6.18 Å². The van der Waals surface area contributed by atoms with Crippen LogP contribution < -0.4 is 10.6 Å². The molecular weight excluding hydrogens is 511 g/mol. The molecule has 2 aliphatic heterocycles. The summed E-state index contributed by atoms with van der Waals surface area (Å²) in [7, 11) is -3.54. The van der Waals surface area contributed by atoms with E-state index in [1.807, 2.05) is 0 Å². The van der Waals surface area contributed by atoms with Crippen molar-refractivity contribution in [2.24, 2.45) is 5.92 Å².